The van der Waals surface area contributed by atoms with E-state index in [2.05, 4.69) is 21.4 Å². The number of halogens is 2. The zero-order valence-electron chi connectivity index (χ0n) is 22.8. The number of amides is 1. The van der Waals surface area contributed by atoms with Gasteiger partial charge in [-0.3, -0.25) is 4.40 Å². The molecule has 3 aromatic rings. The molecule has 1 amide bonds. The Kier molecular flexibility index (Phi) is 6.73. The molecule has 0 radical (unpaired) electrons. The molecule has 10 nitrogen and oxygen atoms in total. The van der Waals surface area contributed by atoms with Crippen molar-refractivity contribution in [1.82, 2.24) is 29.3 Å². The van der Waals surface area contributed by atoms with Crippen molar-refractivity contribution in [1.29, 1.82) is 5.26 Å². The van der Waals surface area contributed by atoms with Gasteiger partial charge < -0.3 is 14.4 Å². The average molecular weight is 542 g/mol. The third kappa shape index (κ3) is 5.40. The lowest BCUT2D eigenvalue weighted by Gasteiger charge is -2.38. The second kappa shape index (κ2) is 9.77. The van der Waals surface area contributed by atoms with E-state index >= 15 is 0 Å². The van der Waals surface area contributed by atoms with E-state index in [9.17, 15) is 18.8 Å². The Hall–Kier alpha value is -3.75. The number of aromatic nitrogens is 5. The topological polar surface area (TPSA) is 111 Å². The molecular formula is C27H33F2N7O3. The maximum absolute atomic E-state index is 13.5. The first-order valence-electron chi connectivity index (χ1n) is 13.2. The molecular weight excluding hydrogens is 508 g/mol. The first-order valence-corrected chi connectivity index (χ1v) is 13.2. The summed E-state index contributed by atoms with van der Waals surface area (Å²) in [5.74, 6) is -2.58. The van der Waals surface area contributed by atoms with Crippen molar-refractivity contribution < 1.29 is 23.0 Å². The Bertz CT molecular complexity index is 1420. The molecule has 1 saturated heterocycles. The summed E-state index contributed by atoms with van der Waals surface area (Å²) < 4.78 is 42.1. The number of likely N-dealkylation sites (tertiary alicyclic amines) is 1. The number of pyridine rings is 1. The van der Waals surface area contributed by atoms with E-state index < -0.39 is 17.6 Å². The fourth-order valence-corrected chi connectivity index (χ4v) is 5.28. The number of nitriles is 1. The van der Waals surface area contributed by atoms with Crippen LogP contribution in [0.3, 0.4) is 0 Å². The SMILES string of the molecule is Cc1c(-c2cc(OC(C)C3CC(F)(F)C3)n3c(C#N)cnc3c2)nnn1C1CCN(C(=O)OC(C)(C)C)CC1. The lowest BCUT2D eigenvalue weighted by molar-refractivity contribution is -0.134. The van der Waals surface area contributed by atoms with E-state index in [4.69, 9.17) is 9.47 Å². The molecule has 2 fully saturated rings. The predicted molar refractivity (Wildman–Crippen MR) is 137 cm³/mol. The number of hydrogen-bond donors (Lipinski definition) is 0. The fourth-order valence-electron chi connectivity index (χ4n) is 5.28. The minimum Gasteiger partial charge on any atom is -0.475 e. The Morgan fingerprint density at radius 2 is 1.92 bits per heavy atom. The van der Waals surface area contributed by atoms with Gasteiger partial charge in [-0.2, -0.15) is 5.26 Å². The number of nitrogens with zero attached hydrogens (tertiary/aromatic N) is 7. The minimum absolute atomic E-state index is 0.0707. The van der Waals surface area contributed by atoms with E-state index in [1.54, 1.807) is 22.3 Å². The number of rotatable bonds is 5. The van der Waals surface area contributed by atoms with Crippen LogP contribution < -0.4 is 4.74 Å². The Labute approximate surface area is 225 Å². The lowest BCUT2D eigenvalue weighted by atomic mass is 9.78. The summed E-state index contributed by atoms with van der Waals surface area (Å²) in [5, 5.41) is 18.5. The molecule has 39 heavy (non-hydrogen) atoms. The third-order valence-corrected chi connectivity index (χ3v) is 7.44. The summed E-state index contributed by atoms with van der Waals surface area (Å²) in [5.41, 5.74) is 2.42. The van der Waals surface area contributed by atoms with Gasteiger partial charge in [-0.05, 0) is 53.5 Å². The molecule has 1 saturated carbocycles. The summed E-state index contributed by atoms with van der Waals surface area (Å²) in [6.07, 6.45) is 1.67. The Morgan fingerprint density at radius 3 is 2.54 bits per heavy atom. The van der Waals surface area contributed by atoms with E-state index in [0.717, 1.165) is 5.69 Å². The molecule has 1 aliphatic heterocycles. The molecule has 0 N–H and O–H groups in total. The minimum atomic E-state index is -2.65. The standard InChI is InChI=1S/C27H33F2N7O3/c1-16-24(32-33-36(16)20-6-8-34(9-7-20)25(37)39-26(3,4)5)18-10-22-31-15-21(14-30)35(22)23(11-18)38-17(2)19-12-27(28,29)13-19/h10-11,15,17,19-20H,6-9,12-13H2,1-5H3. The van der Waals surface area contributed by atoms with E-state index in [0.29, 0.717) is 48.7 Å². The summed E-state index contributed by atoms with van der Waals surface area (Å²) in [6, 6.07) is 5.74. The molecule has 12 heteroatoms. The molecule has 1 unspecified atom stereocenters. The number of piperidine rings is 1. The van der Waals surface area contributed by atoms with Crippen LogP contribution in [0.2, 0.25) is 0 Å². The molecule has 0 spiro atoms. The number of fused-ring (bicyclic) bond motifs is 1. The average Bonchev–Trinajstić information content (AvgIpc) is 3.44. The van der Waals surface area contributed by atoms with Crippen molar-refractivity contribution in [2.45, 2.75) is 84.0 Å². The molecule has 208 valence electrons. The first kappa shape index (κ1) is 26.8. The van der Waals surface area contributed by atoms with E-state index in [-0.39, 0.29) is 36.6 Å². The number of imidazole rings is 1. The summed E-state index contributed by atoms with van der Waals surface area (Å²) in [7, 11) is 0. The first-order chi connectivity index (χ1) is 18.3. The van der Waals surface area contributed by atoms with Gasteiger partial charge in [0.1, 0.15) is 34.8 Å². The van der Waals surface area contributed by atoms with Crippen LogP contribution in [0.1, 0.15) is 70.8 Å². The van der Waals surface area contributed by atoms with Gasteiger partial charge >= 0.3 is 6.09 Å². The van der Waals surface area contributed by atoms with Crippen LogP contribution in [-0.2, 0) is 4.74 Å². The van der Waals surface area contributed by atoms with Gasteiger partial charge in [-0.15, -0.1) is 5.10 Å². The highest BCUT2D eigenvalue weighted by molar-refractivity contribution is 5.69. The number of carbonyl (C=O) groups excluding carboxylic acids is 1. The molecule has 1 aliphatic carbocycles. The van der Waals surface area contributed by atoms with Crippen molar-refractivity contribution in [3.05, 3.63) is 29.7 Å². The van der Waals surface area contributed by atoms with Crippen LogP contribution in [0.15, 0.2) is 18.3 Å². The van der Waals surface area contributed by atoms with Crippen molar-refractivity contribution in [3.8, 4) is 23.2 Å². The largest absolute Gasteiger partial charge is 0.475 e. The number of ether oxygens (including phenoxy) is 2. The third-order valence-electron chi connectivity index (χ3n) is 7.44. The lowest BCUT2D eigenvalue weighted by Crippen LogP contribution is -2.43. The normalized spacial score (nSPS) is 19.0. The number of hydrogen-bond acceptors (Lipinski definition) is 7. The second-order valence-electron chi connectivity index (χ2n) is 11.5. The molecule has 0 bridgehead atoms. The zero-order chi connectivity index (χ0) is 28.1. The van der Waals surface area contributed by atoms with Gasteiger partial charge in [0, 0.05) is 43.5 Å². The van der Waals surface area contributed by atoms with E-state index in [1.165, 1.54) is 6.20 Å². The van der Waals surface area contributed by atoms with Gasteiger partial charge in [0.15, 0.2) is 0 Å². The van der Waals surface area contributed by atoms with Crippen LogP contribution in [0.5, 0.6) is 5.88 Å². The Morgan fingerprint density at radius 1 is 1.23 bits per heavy atom. The maximum atomic E-state index is 13.5. The highest BCUT2D eigenvalue weighted by atomic mass is 19.3. The molecule has 1 atom stereocenters. The second-order valence-corrected chi connectivity index (χ2v) is 11.5. The monoisotopic (exact) mass is 541 g/mol. The highest BCUT2D eigenvalue weighted by Crippen LogP contribution is 2.45. The quantitative estimate of drug-likeness (QED) is 0.439. The summed E-state index contributed by atoms with van der Waals surface area (Å²) in [4.78, 5) is 18.5. The van der Waals surface area contributed by atoms with Crippen LogP contribution >= 0.6 is 0 Å². The van der Waals surface area contributed by atoms with Crippen LogP contribution in [0, 0.1) is 24.2 Å². The van der Waals surface area contributed by atoms with Gasteiger partial charge in [-0.1, -0.05) is 5.21 Å². The number of carbonyl (C=O) groups is 1. The van der Waals surface area contributed by atoms with Crippen LogP contribution in [0.4, 0.5) is 13.6 Å². The predicted octanol–water partition coefficient (Wildman–Crippen LogP) is 5.16. The molecule has 3 aromatic heterocycles. The molecule has 5 rings (SSSR count). The molecule has 0 aromatic carbocycles. The van der Waals surface area contributed by atoms with Crippen molar-refractivity contribution in [2.75, 3.05) is 13.1 Å². The summed E-state index contributed by atoms with van der Waals surface area (Å²) in [6.45, 7) is 10.4. The zero-order valence-corrected chi connectivity index (χ0v) is 22.8. The van der Waals surface area contributed by atoms with Gasteiger partial charge in [0.05, 0.1) is 17.9 Å². The van der Waals surface area contributed by atoms with Crippen LogP contribution in [0.25, 0.3) is 16.9 Å². The van der Waals surface area contributed by atoms with E-state index in [1.807, 2.05) is 38.4 Å². The van der Waals surface area contributed by atoms with Crippen molar-refractivity contribution in [3.63, 3.8) is 0 Å². The van der Waals surface area contributed by atoms with Crippen molar-refractivity contribution in [2.24, 2.45) is 5.92 Å². The molecule has 2 aliphatic rings. The van der Waals surface area contributed by atoms with Gasteiger partial charge in [-0.25, -0.2) is 23.2 Å². The maximum Gasteiger partial charge on any atom is 0.410 e. The smallest absolute Gasteiger partial charge is 0.410 e. The molecule has 4 heterocycles. The number of alkyl halides is 2. The van der Waals surface area contributed by atoms with Gasteiger partial charge in [0.2, 0.25) is 11.8 Å². The van der Waals surface area contributed by atoms with Crippen LogP contribution in [-0.4, -0.2) is 66.1 Å². The Balaban J connectivity index is 1.37. The van der Waals surface area contributed by atoms with Crippen molar-refractivity contribution >= 4 is 11.7 Å². The van der Waals surface area contributed by atoms with Gasteiger partial charge in [0.25, 0.3) is 0 Å². The highest BCUT2D eigenvalue weighted by Gasteiger charge is 2.48. The fraction of sp³-hybridized carbons (Fsp3) is 0.593. The summed E-state index contributed by atoms with van der Waals surface area (Å²) >= 11 is 0.